The van der Waals surface area contributed by atoms with E-state index in [0.29, 0.717) is 12.3 Å². The SMILES string of the molecule is CCC(NS(=O)(=O)CCCCNC)C(C)C. The molecule has 4 nitrogen and oxygen atoms in total. The summed E-state index contributed by atoms with van der Waals surface area (Å²) in [6, 6.07) is 0.0642. The Balaban J connectivity index is 4.03. The Morgan fingerprint density at radius 3 is 2.25 bits per heavy atom. The molecule has 0 aromatic carbocycles. The van der Waals surface area contributed by atoms with Gasteiger partial charge < -0.3 is 5.32 Å². The molecule has 2 N–H and O–H groups in total. The first-order valence-electron chi connectivity index (χ1n) is 6.07. The van der Waals surface area contributed by atoms with Gasteiger partial charge in [0.15, 0.2) is 0 Å². The lowest BCUT2D eigenvalue weighted by atomic mass is 10.0. The minimum Gasteiger partial charge on any atom is -0.320 e. The summed E-state index contributed by atoms with van der Waals surface area (Å²) in [5.41, 5.74) is 0. The Hall–Kier alpha value is -0.130. The molecule has 1 unspecified atom stereocenters. The first-order valence-corrected chi connectivity index (χ1v) is 7.72. The first kappa shape index (κ1) is 15.9. The van der Waals surface area contributed by atoms with Crippen LogP contribution < -0.4 is 10.0 Å². The Morgan fingerprint density at radius 1 is 1.19 bits per heavy atom. The fraction of sp³-hybridized carbons (Fsp3) is 1.00. The maximum Gasteiger partial charge on any atom is 0.211 e. The van der Waals surface area contributed by atoms with Crippen molar-refractivity contribution in [3.63, 3.8) is 0 Å². The maximum absolute atomic E-state index is 11.7. The molecular weight excluding hydrogens is 224 g/mol. The molecule has 0 aromatic heterocycles. The average molecular weight is 250 g/mol. The van der Waals surface area contributed by atoms with Crippen LogP contribution >= 0.6 is 0 Å². The topological polar surface area (TPSA) is 58.2 Å². The molecule has 0 bridgehead atoms. The molecule has 0 amide bonds. The van der Waals surface area contributed by atoms with Crippen LogP contribution in [0.4, 0.5) is 0 Å². The van der Waals surface area contributed by atoms with Gasteiger partial charge in [0.25, 0.3) is 0 Å². The summed E-state index contributed by atoms with van der Waals surface area (Å²) in [4.78, 5) is 0. The molecule has 0 heterocycles. The van der Waals surface area contributed by atoms with Crippen molar-refractivity contribution in [1.82, 2.24) is 10.0 Å². The molecule has 0 radical (unpaired) electrons. The van der Waals surface area contributed by atoms with Gasteiger partial charge in [-0.1, -0.05) is 20.8 Å². The van der Waals surface area contributed by atoms with Crippen LogP contribution in [0, 0.1) is 5.92 Å². The third kappa shape index (κ3) is 7.19. The Kier molecular flexibility index (Phi) is 7.97. The standard InChI is InChI=1S/C11H26N2O2S/c1-5-11(10(2)3)13-16(14,15)9-7-6-8-12-4/h10-13H,5-9H2,1-4H3. The van der Waals surface area contributed by atoms with E-state index in [0.717, 1.165) is 19.4 Å². The zero-order valence-corrected chi connectivity index (χ0v) is 11.7. The summed E-state index contributed by atoms with van der Waals surface area (Å²) in [6.45, 7) is 6.96. The van der Waals surface area contributed by atoms with Gasteiger partial charge in [0, 0.05) is 6.04 Å². The zero-order valence-electron chi connectivity index (χ0n) is 10.9. The highest BCUT2D eigenvalue weighted by Crippen LogP contribution is 2.07. The lowest BCUT2D eigenvalue weighted by Crippen LogP contribution is -2.39. The van der Waals surface area contributed by atoms with Gasteiger partial charge in [-0.05, 0) is 38.8 Å². The van der Waals surface area contributed by atoms with Crippen LogP contribution in [0.3, 0.4) is 0 Å². The second kappa shape index (κ2) is 8.03. The second-order valence-corrected chi connectivity index (χ2v) is 6.38. The normalized spacial score (nSPS) is 14.3. The van der Waals surface area contributed by atoms with Crippen molar-refractivity contribution in [2.45, 2.75) is 46.1 Å². The monoisotopic (exact) mass is 250 g/mol. The minimum absolute atomic E-state index is 0.0642. The summed E-state index contributed by atoms with van der Waals surface area (Å²) in [7, 11) is -1.22. The molecule has 98 valence electrons. The molecule has 16 heavy (non-hydrogen) atoms. The molecular formula is C11H26N2O2S. The maximum atomic E-state index is 11.7. The first-order chi connectivity index (χ1) is 7.43. The summed E-state index contributed by atoms with van der Waals surface area (Å²) in [5.74, 6) is 0.579. The average Bonchev–Trinajstić information content (AvgIpc) is 2.21. The Morgan fingerprint density at radius 2 is 1.81 bits per heavy atom. The van der Waals surface area contributed by atoms with E-state index in [9.17, 15) is 8.42 Å². The molecule has 0 saturated heterocycles. The molecule has 0 aromatic rings. The van der Waals surface area contributed by atoms with Crippen LogP contribution in [-0.4, -0.2) is 33.8 Å². The number of rotatable bonds is 9. The smallest absolute Gasteiger partial charge is 0.211 e. The summed E-state index contributed by atoms with van der Waals surface area (Å²) < 4.78 is 26.2. The van der Waals surface area contributed by atoms with Crippen LogP contribution in [0.2, 0.25) is 0 Å². The minimum atomic E-state index is -3.10. The predicted molar refractivity (Wildman–Crippen MR) is 69.0 cm³/mol. The van der Waals surface area contributed by atoms with E-state index < -0.39 is 10.0 Å². The lowest BCUT2D eigenvalue weighted by molar-refractivity contribution is 0.437. The van der Waals surface area contributed by atoms with Crippen molar-refractivity contribution >= 4 is 10.0 Å². The van der Waals surface area contributed by atoms with E-state index in [-0.39, 0.29) is 11.8 Å². The van der Waals surface area contributed by atoms with Gasteiger partial charge >= 0.3 is 0 Å². The highest BCUT2D eigenvalue weighted by atomic mass is 32.2. The third-order valence-corrected chi connectivity index (χ3v) is 4.15. The molecule has 0 fully saturated rings. The number of unbranched alkanes of at least 4 members (excludes halogenated alkanes) is 1. The van der Waals surface area contributed by atoms with Crippen molar-refractivity contribution in [3.05, 3.63) is 0 Å². The van der Waals surface area contributed by atoms with Gasteiger partial charge in [-0.25, -0.2) is 13.1 Å². The van der Waals surface area contributed by atoms with Crippen molar-refractivity contribution < 1.29 is 8.42 Å². The van der Waals surface area contributed by atoms with E-state index in [1.807, 2.05) is 27.8 Å². The molecule has 0 aliphatic rings. The summed E-state index contributed by atoms with van der Waals surface area (Å²) in [5, 5.41) is 3.01. The molecule has 0 saturated carbocycles. The predicted octanol–water partition coefficient (Wildman–Crippen LogP) is 1.34. The van der Waals surface area contributed by atoms with Crippen LogP contribution in [0.25, 0.3) is 0 Å². The fourth-order valence-electron chi connectivity index (χ4n) is 1.57. The highest BCUT2D eigenvalue weighted by Gasteiger charge is 2.18. The quantitative estimate of drug-likeness (QED) is 0.607. The lowest BCUT2D eigenvalue weighted by Gasteiger charge is -2.20. The molecule has 0 rings (SSSR count). The largest absolute Gasteiger partial charge is 0.320 e. The third-order valence-electron chi connectivity index (χ3n) is 2.67. The van der Waals surface area contributed by atoms with E-state index in [1.54, 1.807) is 0 Å². The fourth-order valence-corrected chi connectivity index (χ4v) is 3.18. The van der Waals surface area contributed by atoms with Crippen LogP contribution in [0.5, 0.6) is 0 Å². The molecule has 0 aliphatic heterocycles. The highest BCUT2D eigenvalue weighted by molar-refractivity contribution is 7.89. The summed E-state index contributed by atoms with van der Waals surface area (Å²) >= 11 is 0. The molecule has 5 heteroatoms. The van der Waals surface area contributed by atoms with E-state index in [2.05, 4.69) is 10.0 Å². The Labute approximate surface area is 100 Å². The number of nitrogens with one attached hydrogen (secondary N) is 2. The number of hydrogen-bond donors (Lipinski definition) is 2. The van der Waals surface area contributed by atoms with Gasteiger partial charge in [-0.3, -0.25) is 0 Å². The van der Waals surface area contributed by atoms with Crippen LogP contribution in [0.1, 0.15) is 40.0 Å². The van der Waals surface area contributed by atoms with Gasteiger partial charge in [0.1, 0.15) is 0 Å². The van der Waals surface area contributed by atoms with E-state index >= 15 is 0 Å². The van der Waals surface area contributed by atoms with Crippen molar-refractivity contribution in [2.75, 3.05) is 19.3 Å². The zero-order chi connectivity index (χ0) is 12.6. The number of hydrogen-bond acceptors (Lipinski definition) is 3. The molecule has 0 aliphatic carbocycles. The van der Waals surface area contributed by atoms with Gasteiger partial charge in [-0.2, -0.15) is 0 Å². The number of sulfonamides is 1. The van der Waals surface area contributed by atoms with Crippen LogP contribution in [0.15, 0.2) is 0 Å². The van der Waals surface area contributed by atoms with E-state index in [4.69, 9.17) is 0 Å². The molecule has 0 spiro atoms. The van der Waals surface area contributed by atoms with Gasteiger partial charge in [-0.15, -0.1) is 0 Å². The van der Waals surface area contributed by atoms with Gasteiger partial charge in [0.2, 0.25) is 10.0 Å². The van der Waals surface area contributed by atoms with Crippen molar-refractivity contribution in [3.8, 4) is 0 Å². The van der Waals surface area contributed by atoms with Crippen LogP contribution in [-0.2, 0) is 10.0 Å². The second-order valence-electron chi connectivity index (χ2n) is 4.51. The van der Waals surface area contributed by atoms with Gasteiger partial charge in [0.05, 0.1) is 5.75 Å². The van der Waals surface area contributed by atoms with Crippen molar-refractivity contribution in [1.29, 1.82) is 0 Å². The van der Waals surface area contributed by atoms with Crippen molar-refractivity contribution in [2.24, 2.45) is 5.92 Å². The Bertz CT molecular complexity index is 263. The van der Waals surface area contributed by atoms with E-state index in [1.165, 1.54) is 0 Å². The summed E-state index contributed by atoms with van der Waals surface area (Å²) in [6.07, 6.45) is 2.45. The molecule has 1 atom stereocenters.